The molecule has 0 spiro atoms. The average molecular weight is 196 g/mol. The highest BCUT2D eigenvalue weighted by atomic mass is 35.5. The summed E-state index contributed by atoms with van der Waals surface area (Å²) in [5.74, 6) is 0.972. The van der Waals surface area contributed by atoms with Crippen molar-refractivity contribution in [1.82, 2.24) is 14.6 Å². The molecular formula is C9H10ClN3. The predicted molar refractivity (Wildman–Crippen MR) is 52.0 cm³/mol. The van der Waals surface area contributed by atoms with Crippen molar-refractivity contribution >= 4 is 17.2 Å². The van der Waals surface area contributed by atoms with E-state index >= 15 is 0 Å². The summed E-state index contributed by atoms with van der Waals surface area (Å²) in [5, 5.41) is 8.83. The molecule has 4 heteroatoms. The zero-order valence-corrected chi connectivity index (χ0v) is 8.12. The molecule has 0 aromatic carbocycles. The average Bonchev–Trinajstić information content (AvgIpc) is 2.49. The number of rotatable bonds is 2. The molecule has 13 heavy (non-hydrogen) atoms. The van der Waals surface area contributed by atoms with Gasteiger partial charge in [0.15, 0.2) is 5.65 Å². The predicted octanol–water partition coefficient (Wildman–Crippen LogP) is 2.34. The van der Waals surface area contributed by atoms with Crippen LogP contribution in [0.25, 0.3) is 5.65 Å². The number of nitrogens with zero attached hydrogens (tertiary/aromatic N) is 3. The molecule has 0 aliphatic heterocycles. The van der Waals surface area contributed by atoms with Gasteiger partial charge in [0.05, 0.1) is 5.02 Å². The maximum atomic E-state index is 5.87. The molecular weight excluding hydrogens is 186 g/mol. The van der Waals surface area contributed by atoms with Gasteiger partial charge in [-0.3, -0.25) is 4.40 Å². The van der Waals surface area contributed by atoms with E-state index in [-0.39, 0.29) is 0 Å². The summed E-state index contributed by atoms with van der Waals surface area (Å²) in [4.78, 5) is 0. The van der Waals surface area contributed by atoms with Crippen LogP contribution in [0.15, 0.2) is 18.3 Å². The van der Waals surface area contributed by atoms with E-state index < -0.39 is 0 Å². The van der Waals surface area contributed by atoms with Crippen LogP contribution in [0.1, 0.15) is 19.2 Å². The highest BCUT2D eigenvalue weighted by Gasteiger charge is 2.03. The molecule has 0 saturated carbocycles. The molecule has 0 unspecified atom stereocenters. The molecule has 2 aromatic rings. The Balaban J connectivity index is 2.58. The van der Waals surface area contributed by atoms with Gasteiger partial charge in [-0.1, -0.05) is 18.5 Å². The number of fused-ring (bicyclic) bond motifs is 1. The molecule has 2 aromatic heterocycles. The fraction of sp³-hybridized carbons (Fsp3) is 0.333. The van der Waals surface area contributed by atoms with Crippen LogP contribution in [-0.2, 0) is 6.42 Å². The summed E-state index contributed by atoms with van der Waals surface area (Å²) in [5.41, 5.74) is 0.854. The van der Waals surface area contributed by atoms with Crippen molar-refractivity contribution in [3.05, 3.63) is 29.2 Å². The first-order valence-electron chi connectivity index (χ1n) is 4.30. The molecule has 2 heterocycles. The third-order valence-corrected chi connectivity index (χ3v) is 2.13. The first kappa shape index (κ1) is 8.51. The molecule has 0 atom stereocenters. The van der Waals surface area contributed by atoms with Crippen molar-refractivity contribution < 1.29 is 0 Å². The van der Waals surface area contributed by atoms with E-state index in [2.05, 4.69) is 17.1 Å². The van der Waals surface area contributed by atoms with Crippen molar-refractivity contribution in [2.24, 2.45) is 0 Å². The fourth-order valence-corrected chi connectivity index (χ4v) is 1.47. The van der Waals surface area contributed by atoms with E-state index in [1.54, 1.807) is 0 Å². The third-order valence-electron chi connectivity index (χ3n) is 1.91. The van der Waals surface area contributed by atoms with Crippen LogP contribution in [-0.4, -0.2) is 14.6 Å². The molecule has 0 aliphatic carbocycles. The molecule has 68 valence electrons. The van der Waals surface area contributed by atoms with Crippen LogP contribution in [0.5, 0.6) is 0 Å². The van der Waals surface area contributed by atoms with Crippen LogP contribution in [0.2, 0.25) is 5.02 Å². The zero-order valence-electron chi connectivity index (χ0n) is 7.37. The monoisotopic (exact) mass is 195 g/mol. The molecule has 0 N–H and O–H groups in total. The largest absolute Gasteiger partial charge is 0.285 e. The standard InChI is InChI=1S/C9H10ClN3/c1-2-3-8-11-12-9-5-4-7(10)6-13(8)9/h4-6H,2-3H2,1H3. The Hall–Kier alpha value is -1.09. The smallest absolute Gasteiger partial charge is 0.160 e. The number of aryl methyl sites for hydroxylation is 1. The van der Waals surface area contributed by atoms with E-state index in [0.29, 0.717) is 5.02 Å². The van der Waals surface area contributed by atoms with Crippen LogP contribution >= 0.6 is 11.6 Å². The first-order valence-corrected chi connectivity index (χ1v) is 4.68. The molecule has 0 amide bonds. The number of halogens is 1. The summed E-state index contributed by atoms with van der Waals surface area (Å²) in [6.45, 7) is 2.12. The Labute approximate surface area is 81.4 Å². The lowest BCUT2D eigenvalue weighted by atomic mass is 10.3. The normalized spacial score (nSPS) is 10.9. The van der Waals surface area contributed by atoms with Crippen molar-refractivity contribution in [1.29, 1.82) is 0 Å². The topological polar surface area (TPSA) is 30.2 Å². The van der Waals surface area contributed by atoms with Gasteiger partial charge in [0.2, 0.25) is 0 Å². The van der Waals surface area contributed by atoms with Crippen LogP contribution < -0.4 is 0 Å². The van der Waals surface area contributed by atoms with Crippen molar-refractivity contribution in [3.8, 4) is 0 Å². The van der Waals surface area contributed by atoms with E-state index in [9.17, 15) is 0 Å². The van der Waals surface area contributed by atoms with Crippen molar-refractivity contribution in [2.75, 3.05) is 0 Å². The molecule has 0 fully saturated rings. The van der Waals surface area contributed by atoms with Gasteiger partial charge in [-0.15, -0.1) is 10.2 Å². The lowest BCUT2D eigenvalue weighted by molar-refractivity contribution is 0.818. The minimum atomic E-state index is 0.713. The van der Waals surface area contributed by atoms with E-state index in [1.165, 1.54) is 0 Å². The Morgan fingerprint density at radius 1 is 1.38 bits per heavy atom. The van der Waals surface area contributed by atoms with Gasteiger partial charge < -0.3 is 0 Å². The van der Waals surface area contributed by atoms with Crippen LogP contribution in [0, 0.1) is 0 Å². The van der Waals surface area contributed by atoms with Gasteiger partial charge in [-0.25, -0.2) is 0 Å². The number of aromatic nitrogens is 3. The highest BCUT2D eigenvalue weighted by molar-refractivity contribution is 6.30. The SMILES string of the molecule is CCCc1nnc2ccc(Cl)cn12. The summed E-state index contributed by atoms with van der Waals surface area (Å²) in [7, 11) is 0. The van der Waals surface area contributed by atoms with Gasteiger partial charge in [0.25, 0.3) is 0 Å². The second-order valence-electron chi connectivity index (χ2n) is 2.94. The van der Waals surface area contributed by atoms with Gasteiger partial charge >= 0.3 is 0 Å². The Kier molecular flexibility index (Phi) is 2.19. The summed E-state index contributed by atoms with van der Waals surface area (Å²) in [6.07, 6.45) is 3.84. The molecule has 0 saturated heterocycles. The lowest BCUT2D eigenvalue weighted by Crippen LogP contribution is -1.93. The van der Waals surface area contributed by atoms with Gasteiger partial charge in [-0.05, 0) is 18.6 Å². The number of hydrogen-bond acceptors (Lipinski definition) is 2. The molecule has 2 rings (SSSR count). The van der Waals surface area contributed by atoms with Gasteiger partial charge in [-0.2, -0.15) is 0 Å². The Morgan fingerprint density at radius 3 is 3.00 bits per heavy atom. The highest BCUT2D eigenvalue weighted by Crippen LogP contribution is 2.11. The van der Waals surface area contributed by atoms with E-state index in [4.69, 9.17) is 11.6 Å². The Morgan fingerprint density at radius 2 is 2.23 bits per heavy atom. The molecule has 3 nitrogen and oxygen atoms in total. The summed E-state index contributed by atoms with van der Waals surface area (Å²) >= 11 is 5.87. The van der Waals surface area contributed by atoms with Crippen molar-refractivity contribution in [2.45, 2.75) is 19.8 Å². The molecule has 0 radical (unpaired) electrons. The molecule has 0 aliphatic rings. The number of pyridine rings is 1. The van der Waals surface area contributed by atoms with Gasteiger partial charge in [0, 0.05) is 12.6 Å². The maximum Gasteiger partial charge on any atom is 0.160 e. The maximum absolute atomic E-state index is 5.87. The second-order valence-corrected chi connectivity index (χ2v) is 3.38. The first-order chi connectivity index (χ1) is 6.31. The van der Waals surface area contributed by atoms with Crippen LogP contribution in [0.3, 0.4) is 0 Å². The minimum Gasteiger partial charge on any atom is -0.285 e. The summed E-state index contributed by atoms with van der Waals surface area (Å²) < 4.78 is 1.94. The third kappa shape index (κ3) is 1.52. The lowest BCUT2D eigenvalue weighted by Gasteiger charge is -1.97. The van der Waals surface area contributed by atoms with Crippen molar-refractivity contribution in [3.63, 3.8) is 0 Å². The van der Waals surface area contributed by atoms with Crippen LogP contribution in [0.4, 0.5) is 0 Å². The quantitative estimate of drug-likeness (QED) is 0.737. The van der Waals surface area contributed by atoms with Gasteiger partial charge in [0.1, 0.15) is 5.82 Å². The number of hydrogen-bond donors (Lipinski definition) is 0. The fourth-order valence-electron chi connectivity index (χ4n) is 1.31. The van der Waals surface area contributed by atoms with E-state index in [1.807, 2.05) is 22.7 Å². The van der Waals surface area contributed by atoms with E-state index in [0.717, 1.165) is 24.3 Å². The Bertz CT molecular complexity index is 422. The zero-order chi connectivity index (χ0) is 9.26. The molecule has 0 bridgehead atoms. The minimum absolute atomic E-state index is 0.713. The summed E-state index contributed by atoms with van der Waals surface area (Å²) in [6, 6.07) is 3.69. The second kappa shape index (κ2) is 3.34.